The molecular formula is C15H16O4S4. The average molecular weight is 389 g/mol. The van der Waals surface area contributed by atoms with Gasteiger partial charge < -0.3 is 0 Å². The summed E-state index contributed by atoms with van der Waals surface area (Å²) in [6.07, 6.45) is 5.94. The molecule has 0 N–H and O–H groups in total. The Hall–Kier alpha value is -0.960. The number of allylic oxidation sites excluding steroid dienone is 8. The number of Topliss-reactive ketones (excluding diaryl/α,β-unsaturated/α-hetero) is 2. The Kier molecular flexibility index (Phi) is 10.3. The quantitative estimate of drug-likeness (QED) is 0.380. The lowest BCUT2D eigenvalue weighted by atomic mass is 10.2. The van der Waals surface area contributed by atoms with Gasteiger partial charge in [-0.2, -0.15) is 0 Å². The number of rotatable bonds is 0. The van der Waals surface area contributed by atoms with Crippen molar-refractivity contribution >= 4 is 73.6 Å². The van der Waals surface area contributed by atoms with Crippen LogP contribution in [0.15, 0.2) is 43.9 Å². The molecule has 0 saturated carbocycles. The lowest BCUT2D eigenvalue weighted by Gasteiger charge is -2.02. The first-order chi connectivity index (χ1) is 10.6. The Labute approximate surface area is 156 Å². The average Bonchev–Trinajstić information content (AvgIpc) is 2.43. The number of thiol groups is 4. The van der Waals surface area contributed by atoms with Crippen LogP contribution in [0.4, 0.5) is 0 Å². The van der Waals surface area contributed by atoms with Crippen LogP contribution >= 0.6 is 50.5 Å². The summed E-state index contributed by atoms with van der Waals surface area (Å²) in [7, 11) is 0. The number of carbonyl (C=O) groups is 4. The summed E-state index contributed by atoms with van der Waals surface area (Å²) in [6.45, 7) is 4.25. The zero-order valence-corrected chi connectivity index (χ0v) is 16.0. The molecule has 0 saturated heterocycles. The van der Waals surface area contributed by atoms with E-state index in [0.29, 0.717) is 0 Å². The predicted molar refractivity (Wildman–Crippen MR) is 104 cm³/mol. The number of hydrogen-bond acceptors (Lipinski definition) is 8. The molecule has 0 atom stereocenters. The van der Waals surface area contributed by atoms with E-state index < -0.39 is 0 Å². The van der Waals surface area contributed by atoms with Gasteiger partial charge in [-0.25, -0.2) is 0 Å². The minimum absolute atomic E-state index is 0.150. The van der Waals surface area contributed by atoms with E-state index in [-0.39, 0.29) is 42.8 Å². The first-order valence-corrected chi connectivity index (χ1v) is 8.22. The van der Waals surface area contributed by atoms with Gasteiger partial charge in [-0.15, -0.1) is 50.5 Å². The fourth-order valence-corrected chi connectivity index (χ4v) is 2.31. The summed E-state index contributed by atoms with van der Waals surface area (Å²) in [5.74, 6) is -1.08. The van der Waals surface area contributed by atoms with E-state index in [1.54, 1.807) is 0 Å². The van der Waals surface area contributed by atoms with Gasteiger partial charge in [-0.05, 0) is 0 Å². The number of ketones is 4. The fraction of sp³-hybridized carbons (Fsp3) is 0.200. The molecule has 23 heavy (non-hydrogen) atoms. The van der Waals surface area contributed by atoms with E-state index in [0.717, 1.165) is 0 Å². The maximum Gasteiger partial charge on any atom is 0.205 e. The summed E-state index contributed by atoms with van der Waals surface area (Å²) in [4.78, 5) is 43.5. The van der Waals surface area contributed by atoms with Crippen LogP contribution in [-0.2, 0) is 19.2 Å². The smallest absolute Gasteiger partial charge is 0.205 e. The van der Waals surface area contributed by atoms with Gasteiger partial charge >= 0.3 is 0 Å². The zero-order chi connectivity index (χ0) is 18.2. The molecule has 8 heteroatoms. The SMILES string of the molecule is CCC.O=C1C=C(S)C(=O)C(S)=C1.O=C1C=C(S)C(=O)C(S)=C1. The van der Waals surface area contributed by atoms with E-state index in [2.05, 4.69) is 64.4 Å². The van der Waals surface area contributed by atoms with Crippen molar-refractivity contribution in [1.29, 1.82) is 0 Å². The Morgan fingerprint density at radius 3 is 0.957 bits per heavy atom. The van der Waals surface area contributed by atoms with E-state index in [9.17, 15) is 19.2 Å². The summed E-state index contributed by atoms with van der Waals surface area (Å²) >= 11 is 15.1. The highest BCUT2D eigenvalue weighted by Crippen LogP contribution is 2.18. The molecule has 0 spiro atoms. The highest BCUT2D eigenvalue weighted by atomic mass is 32.1. The maximum atomic E-state index is 10.8. The summed E-state index contributed by atoms with van der Waals surface area (Å²) in [6, 6.07) is 0. The molecule has 0 aromatic carbocycles. The van der Waals surface area contributed by atoms with Crippen LogP contribution in [-0.4, -0.2) is 23.1 Å². The van der Waals surface area contributed by atoms with E-state index in [1.807, 2.05) is 0 Å². The standard InChI is InChI=1S/2C6H4O2S2.C3H8/c2*7-3-1-4(9)6(8)5(10)2-3;1-3-2/h2*1-2,9-10H;3H2,1-2H3. The molecule has 2 aliphatic carbocycles. The van der Waals surface area contributed by atoms with Crippen molar-refractivity contribution in [1.82, 2.24) is 0 Å². The van der Waals surface area contributed by atoms with Gasteiger partial charge in [0.05, 0.1) is 19.6 Å². The predicted octanol–water partition coefficient (Wildman–Crippen LogP) is 2.95. The summed E-state index contributed by atoms with van der Waals surface area (Å²) in [5, 5.41) is 0. The van der Waals surface area contributed by atoms with Crippen molar-refractivity contribution < 1.29 is 19.2 Å². The molecule has 0 bridgehead atoms. The molecule has 0 amide bonds. The second kappa shape index (κ2) is 10.7. The van der Waals surface area contributed by atoms with E-state index in [1.165, 1.54) is 30.7 Å². The second-order valence-corrected chi connectivity index (χ2v) is 6.22. The molecule has 2 aliphatic rings. The molecule has 4 nitrogen and oxygen atoms in total. The van der Waals surface area contributed by atoms with Gasteiger partial charge in [-0.1, -0.05) is 20.3 Å². The fourth-order valence-electron chi connectivity index (χ4n) is 1.15. The number of carbonyl (C=O) groups excluding carboxylic acids is 4. The first kappa shape index (κ1) is 22.0. The third kappa shape index (κ3) is 7.92. The first-order valence-electron chi connectivity index (χ1n) is 6.43. The van der Waals surface area contributed by atoms with Crippen LogP contribution in [0.25, 0.3) is 0 Å². The summed E-state index contributed by atoms with van der Waals surface area (Å²) in [5.41, 5.74) is 0. The van der Waals surface area contributed by atoms with Crippen LogP contribution in [0.1, 0.15) is 20.3 Å². The Balaban J connectivity index is 0.000000360. The van der Waals surface area contributed by atoms with Crippen molar-refractivity contribution in [2.45, 2.75) is 20.3 Å². The van der Waals surface area contributed by atoms with Crippen molar-refractivity contribution in [3.8, 4) is 0 Å². The van der Waals surface area contributed by atoms with Gasteiger partial charge in [0, 0.05) is 24.3 Å². The highest BCUT2D eigenvalue weighted by Gasteiger charge is 2.16. The molecule has 0 aromatic heterocycles. The molecular weight excluding hydrogens is 372 g/mol. The molecule has 124 valence electrons. The highest BCUT2D eigenvalue weighted by molar-refractivity contribution is 7.88. The van der Waals surface area contributed by atoms with Crippen molar-refractivity contribution in [3.63, 3.8) is 0 Å². The molecule has 0 aliphatic heterocycles. The Morgan fingerprint density at radius 1 is 0.609 bits per heavy atom. The lowest BCUT2D eigenvalue weighted by Crippen LogP contribution is -2.07. The van der Waals surface area contributed by atoms with Gasteiger partial charge in [0.25, 0.3) is 0 Å². The molecule has 0 fully saturated rings. The van der Waals surface area contributed by atoms with Crippen LogP contribution in [0.2, 0.25) is 0 Å². The van der Waals surface area contributed by atoms with Gasteiger partial charge in [0.15, 0.2) is 11.6 Å². The topological polar surface area (TPSA) is 68.3 Å². The Bertz CT molecular complexity index is 550. The van der Waals surface area contributed by atoms with Crippen molar-refractivity contribution in [3.05, 3.63) is 43.9 Å². The Morgan fingerprint density at radius 2 is 0.783 bits per heavy atom. The van der Waals surface area contributed by atoms with Gasteiger partial charge in [0.1, 0.15) is 0 Å². The van der Waals surface area contributed by atoms with E-state index >= 15 is 0 Å². The molecule has 2 rings (SSSR count). The van der Waals surface area contributed by atoms with E-state index in [4.69, 9.17) is 0 Å². The molecule has 0 unspecified atom stereocenters. The minimum atomic E-state index is -0.300. The number of hydrogen-bond donors (Lipinski definition) is 4. The largest absolute Gasteiger partial charge is 0.290 e. The third-order valence-electron chi connectivity index (χ3n) is 2.05. The monoisotopic (exact) mass is 388 g/mol. The van der Waals surface area contributed by atoms with Crippen LogP contribution in [0, 0.1) is 0 Å². The zero-order valence-electron chi connectivity index (χ0n) is 12.4. The van der Waals surface area contributed by atoms with Gasteiger partial charge in [-0.3, -0.25) is 19.2 Å². The second-order valence-electron chi connectivity index (χ2n) is 4.29. The molecule has 0 heterocycles. The normalized spacial score (nSPS) is 17.0. The molecule has 0 aromatic rings. The van der Waals surface area contributed by atoms with Gasteiger partial charge in [0.2, 0.25) is 11.6 Å². The van der Waals surface area contributed by atoms with Crippen LogP contribution in [0.5, 0.6) is 0 Å². The lowest BCUT2D eigenvalue weighted by molar-refractivity contribution is -0.114. The summed E-state index contributed by atoms with van der Waals surface area (Å²) < 4.78 is 0. The minimum Gasteiger partial charge on any atom is -0.290 e. The van der Waals surface area contributed by atoms with Crippen LogP contribution in [0.3, 0.4) is 0 Å². The molecule has 0 radical (unpaired) electrons. The van der Waals surface area contributed by atoms with Crippen molar-refractivity contribution in [2.75, 3.05) is 0 Å². The van der Waals surface area contributed by atoms with Crippen molar-refractivity contribution in [2.24, 2.45) is 0 Å². The van der Waals surface area contributed by atoms with Crippen LogP contribution < -0.4 is 0 Å². The maximum absolute atomic E-state index is 10.8. The third-order valence-corrected chi connectivity index (χ3v) is 3.38.